The summed E-state index contributed by atoms with van der Waals surface area (Å²) in [5.41, 5.74) is 0. The van der Waals surface area contributed by atoms with E-state index >= 15 is 0 Å². The van der Waals surface area contributed by atoms with Crippen LogP contribution in [0.25, 0.3) is 9.69 Å². The number of rotatable bonds is 17. The largest absolute Gasteiger partial charge is 0.322 e. The molecule has 0 atom stereocenters. The van der Waals surface area contributed by atoms with Gasteiger partial charge in [0.25, 0.3) is 13.3 Å². The Hall–Kier alpha value is -3.44. The second-order valence-electron chi connectivity index (χ2n) is 7.45. The van der Waals surface area contributed by atoms with E-state index in [1.165, 1.54) is 0 Å². The first-order valence-corrected chi connectivity index (χ1v) is 10.8. The number of carbonyl (C=O) groups is 1. The standard InChI is InChI=1S/C21H31N11O/c1-25-19-30(20-26-2)14-16-32-18-17-31(21(32)33)15-13-29(10-7-27-6-3-22)12-11-28(8-4-23)9-5-24/h27H,6-20H2. The van der Waals surface area contributed by atoms with E-state index in [9.17, 15) is 4.79 Å². The summed E-state index contributed by atoms with van der Waals surface area (Å²) in [6.45, 7) is 20.8. The molecule has 0 radical (unpaired) electrons. The lowest BCUT2D eigenvalue weighted by atomic mass is 10.3. The van der Waals surface area contributed by atoms with Gasteiger partial charge in [-0.15, -0.1) is 0 Å². The smallest absolute Gasteiger partial charge is 0.320 e. The monoisotopic (exact) mass is 453 g/mol. The molecule has 1 aliphatic heterocycles. The van der Waals surface area contributed by atoms with Crippen molar-refractivity contribution in [1.82, 2.24) is 29.8 Å². The van der Waals surface area contributed by atoms with Crippen LogP contribution < -0.4 is 5.32 Å². The molecule has 0 aromatic rings. The van der Waals surface area contributed by atoms with E-state index in [1.54, 1.807) is 19.6 Å². The first-order valence-electron chi connectivity index (χ1n) is 10.8. The summed E-state index contributed by atoms with van der Waals surface area (Å²) in [6, 6.07) is 6.15. The average Bonchev–Trinajstić information content (AvgIpc) is 3.16. The predicted octanol–water partition coefficient (Wildman–Crippen LogP) is -0.456. The third-order valence-electron chi connectivity index (χ3n) is 5.22. The lowest BCUT2D eigenvalue weighted by Crippen LogP contribution is -2.44. The van der Waals surface area contributed by atoms with E-state index in [2.05, 4.69) is 32.0 Å². The van der Waals surface area contributed by atoms with Gasteiger partial charge in [-0.1, -0.05) is 0 Å². The van der Waals surface area contributed by atoms with Crippen LogP contribution in [0.15, 0.2) is 0 Å². The van der Waals surface area contributed by atoms with Gasteiger partial charge in [0.05, 0.1) is 37.8 Å². The maximum Gasteiger partial charge on any atom is 0.320 e. The Kier molecular flexibility index (Phi) is 14.3. The summed E-state index contributed by atoms with van der Waals surface area (Å²) < 4.78 is 0. The predicted molar refractivity (Wildman–Crippen MR) is 121 cm³/mol. The highest BCUT2D eigenvalue weighted by Crippen LogP contribution is 2.09. The molecule has 1 heterocycles. The SMILES string of the molecule is [C-]#[N+]CN(CCN1CCN(CCN(CCNCC#N)CCN(CC#N)CC#N)C1=O)C[N+]#[C-]. The molecule has 12 nitrogen and oxygen atoms in total. The van der Waals surface area contributed by atoms with Crippen LogP contribution >= 0.6 is 0 Å². The van der Waals surface area contributed by atoms with Crippen LogP contribution in [0.4, 0.5) is 4.79 Å². The molecule has 0 aliphatic carbocycles. The fourth-order valence-electron chi connectivity index (χ4n) is 3.37. The molecule has 1 N–H and O–H groups in total. The van der Waals surface area contributed by atoms with Gasteiger partial charge in [0, 0.05) is 65.4 Å². The number of hydrogen-bond acceptors (Lipinski definition) is 8. The highest BCUT2D eigenvalue weighted by atomic mass is 16.2. The van der Waals surface area contributed by atoms with E-state index < -0.39 is 0 Å². The van der Waals surface area contributed by atoms with Crippen LogP contribution in [0.1, 0.15) is 0 Å². The van der Waals surface area contributed by atoms with Gasteiger partial charge >= 0.3 is 6.03 Å². The Morgan fingerprint density at radius 3 is 1.88 bits per heavy atom. The molecular weight excluding hydrogens is 422 g/mol. The number of nitriles is 3. The van der Waals surface area contributed by atoms with Crippen molar-refractivity contribution in [2.45, 2.75) is 0 Å². The third-order valence-corrected chi connectivity index (χ3v) is 5.22. The number of nitrogens with zero attached hydrogens (tertiary/aromatic N) is 10. The van der Waals surface area contributed by atoms with Crippen molar-refractivity contribution in [3.8, 4) is 18.2 Å². The molecule has 1 aliphatic rings. The molecule has 0 spiro atoms. The molecule has 0 aromatic carbocycles. The third kappa shape index (κ3) is 11.1. The Bertz CT molecular complexity index is 765. The minimum absolute atomic E-state index is 0.0429. The van der Waals surface area contributed by atoms with Crippen molar-refractivity contribution in [1.29, 1.82) is 15.8 Å². The molecule has 0 aromatic heterocycles. The Morgan fingerprint density at radius 2 is 1.36 bits per heavy atom. The highest BCUT2D eigenvalue weighted by molar-refractivity contribution is 5.76. The highest BCUT2D eigenvalue weighted by Gasteiger charge is 2.29. The first kappa shape index (κ1) is 27.6. The average molecular weight is 454 g/mol. The van der Waals surface area contributed by atoms with E-state index in [-0.39, 0.29) is 39.0 Å². The summed E-state index contributed by atoms with van der Waals surface area (Å²) in [7, 11) is 0. The number of urea groups is 1. The molecule has 0 unspecified atom stereocenters. The van der Waals surface area contributed by atoms with Crippen molar-refractivity contribution < 1.29 is 4.79 Å². The van der Waals surface area contributed by atoms with Gasteiger partial charge < -0.3 is 15.1 Å². The zero-order valence-corrected chi connectivity index (χ0v) is 19.0. The molecular formula is C21H31N11O. The summed E-state index contributed by atoms with van der Waals surface area (Å²) >= 11 is 0. The topological polar surface area (TPSA) is 125 Å². The van der Waals surface area contributed by atoms with Crippen LogP contribution in [0.3, 0.4) is 0 Å². The zero-order chi connectivity index (χ0) is 24.3. The van der Waals surface area contributed by atoms with Crippen LogP contribution in [0.2, 0.25) is 0 Å². The maximum absolute atomic E-state index is 12.7. The number of amides is 2. The van der Waals surface area contributed by atoms with E-state index in [0.717, 1.165) is 0 Å². The molecule has 176 valence electrons. The van der Waals surface area contributed by atoms with Crippen molar-refractivity contribution in [3.05, 3.63) is 22.8 Å². The van der Waals surface area contributed by atoms with Gasteiger partial charge in [-0.25, -0.2) is 17.9 Å². The minimum Gasteiger partial charge on any atom is -0.322 e. The van der Waals surface area contributed by atoms with Gasteiger partial charge in [0.1, 0.15) is 0 Å². The summed E-state index contributed by atoms with van der Waals surface area (Å²) in [5, 5.41) is 29.6. The van der Waals surface area contributed by atoms with E-state index in [0.29, 0.717) is 65.4 Å². The summed E-state index contributed by atoms with van der Waals surface area (Å²) in [4.78, 5) is 28.6. The van der Waals surface area contributed by atoms with E-state index in [1.807, 2.05) is 6.07 Å². The van der Waals surface area contributed by atoms with Crippen molar-refractivity contribution in [3.63, 3.8) is 0 Å². The zero-order valence-electron chi connectivity index (χ0n) is 19.0. The molecule has 0 saturated carbocycles. The Morgan fingerprint density at radius 1 is 0.818 bits per heavy atom. The molecule has 2 amide bonds. The molecule has 1 saturated heterocycles. The molecule has 1 fully saturated rings. The Balaban J connectivity index is 2.55. The Labute approximate surface area is 196 Å². The van der Waals surface area contributed by atoms with Crippen molar-refractivity contribution in [2.75, 3.05) is 98.4 Å². The molecule has 1 rings (SSSR count). The lowest BCUT2D eigenvalue weighted by Gasteiger charge is -2.27. The second kappa shape index (κ2) is 17.2. The van der Waals surface area contributed by atoms with Gasteiger partial charge in [-0.3, -0.25) is 19.5 Å². The number of carbonyl (C=O) groups excluding carboxylic acids is 1. The van der Waals surface area contributed by atoms with Crippen molar-refractivity contribution >= 4 is 6.03 Å². The first-order chi connectivity index (χ1) is 16.1. The molecule has 12 heteroatoms. The summed E-state index contributed by atoms with van der Waals surface area (Å²) in [5.74, 6) is 0. The fraction of sp³-hybridized carbons (Fsp3) is 0.714. The van der Waals surface area contributed by atoms with Crippen LogP contribution in [-0.4, -0.2) is 129 Å². The normalized spacial score (nSPS) is 13.1. The van der Waals surface area contributed by atoms with Crippen molar-refractivity contribution in [2.24, 2.45) is 0 Å². The van der Waals surface area contributed by atoms with Crippen LogP contribution in [0.5, 0.6) is 0 Å². The number of hydrogen-bond donors (Lipinski definition) is 1. The van der Waals surface area contributed by atoms with Crippen LogP contribution in [0, 0.1) is 47.1 Å². The van der Waals surface area contributed by atoms with Gasteiger partial charge in [-0.2, -0.15) is 20.7 Å². The second-order valence-corrected chi connectivity index (χ2v) is 7.45. The van der Waals surface area contributed by atoms with Gasteiger partial charge in [0.15, 0.2) is 0 Å². The maximum atomic E-state index is 12.7. The van der Waals surface area contributed by atoms with Gasteiger partial charge in [-0.05, 0) is 0 Å². The molecule has 0 bridgehead atoms. The van der Waals surface area contributed by atoms with Crippen LogP contribution in [-0.2, 0) is 0 Å². The lowest BCUT2D eigenvalue weighted by molar-refractivity contribution is 0.173. The quantitative estimate of drug-likeness (QED) is 0.178. The molecule has 33 heavy (non-hydrogen) atoms. The fourth-order valence-corrected chi connectivity index (χ4v) is 3.37. The van der Waals surface area contributed by atoms with E-state index in [4.69, 9.17) is 28.9 Å². The summed E-state index contributed by atoms with van der Waals surface area (Å²) in [6.07, 6.45) is 0. The minimum atomic E-state index is -0.0429. The number of nitrogens with one attached hydrogen (secondary N) is 1. The van der Waals surface area contributed by atoms with Gasteiger partial charge in [0.2, 0.25) is 0 Å².